The van der Waals surface area contributed by atoms with Gasteiger partial charge in [-0.25, -0.2) is 0 Å². The third kappa shape index (κ3) is 5.45. The molecule has 0 radical (unpaired) electrons. The van der Waals surface area contributed by atoms with Gasteiger partial charge in [0.25, 0.3) is 0 Å². The Morgan fingerprint density at radius 2 is 1.08 bits per heavy atom. The van der Waals surface area contributed by atoms with Gasteiger partial charge in [0.2, 0.25) is 0 Å². The summed E-state index contributed by atoms with van der Waals surface area (Å²) >= 11 is 0. The van der Waals surface area contributed by atoms with Crippen molar-refractivity contribution in [2.45, 2.75) is 51.6 Å². The minimum absolute atomic E-state index is 0.243. The summed E-state index contributed by atoms with van der Waals surface area (Å²) < 4.78 is 0. The summed E-state index contributed by atoms with van der Waals surface area (Å²) in [6.45, 7) is 4.08. The Bertz CT molecular complexity index is 672. The third-order valence-corrected chi connectivity index (χ3v) is 4.61. The van der Waals surface area contributed by atoms with E-state index in [9.17, 15) is 0 Å². The monoisotopic (exact) mass is 348 g/mol. The van der Waals surface area contributed by atoms with Crippen LogP contribution in [0.1, 0.15) is 39.5 Å². The molecule has 2 N–H and O–H groups in total. The molecule has 0 heterocycles. The van der Waals surface area contributed by atoms with Crippen LogP contribution >= 0.6 is 0 Å². The van der Waals surface area contributed by atoms with E-state index in [1.807, 2.05) is 50.2 Å². The molecule has 1 fully saturated rings. The molecule has 0 aliphatic heterocycles. The van der Waals surface area contributed by atoms with Crippen LogP contribution in [0.4, 0.5) is 11.4 Å². The highest BCUT2D eigenvalue weighted by molar-refractivity contribution is 5.94. The van der Waals surface area contributed by atoms with Gasteiger partial charge in [-0.2, -0.15) is 0 Å². The molecular formula is C22H28N4. The summed E-state index contributed by atoms with van der Waals surface area (Å²) in [6.07, 6.45) is 4.65. The molecule has 1 saturated carbocycles. The highest BCUT2D eigenvalue weighted by Gasteiger charge is 2.24. The molecule has 2 aromatic carbocycles. The fraction of sp³-hybridized carbons (Fsp3) is 0.364. The molecule has 4 heteroatoms. The Morgan fingerprint density at radius 1 is 0.692 bits per heavy atom. The van der Waals surface area contributed by atoms with Crippen molar-refractivity contribution >= 4 is 23.0 Å². The van der Waals surface area contributed by atoms with Crippen LogP contribution in [0.3, 0.4) is 0 Å². The van der Waals surface area contributed by atoms with E-state index in [0.29, 0.717) is 0 Å². The second-order valence-corrected chi connectivity index (χ2v) is 6.83. The number of benzene rings is 2. The van der Waals surface area contributed by atoms with Gasteiger partial charge in [0.15, 0.2) is 0 Å². The highest BCUT2D eigenvalue weighted by Crippen LogP contribution is 2.24. The van der Waals surface area contributed by atoms with E-state index in [1.54, 1.807) is 0 Å². The van der Waals surface area contributed by atoms with Gasteiger partial charge >= 0.3 is 0 Å². The van der Waals surface area contributed by atoms with Gasteiger partial charge in [-0.05, 0) is 51.0 Å². The summed E-state index contributed by atoms with van der Waals surface area (Å²) in [5.41, 5.74) is 2.15. The quantitative estimate of drug-likeness (QED) is 0.577. The number of hydrogen-bond donors (Lipinski definition) is 2. The Balaban J connectivity index is 1.67. The summed E-state index contributed by atoms with van der Waals surface area (Å²) in [6, 6.07) is 20.9. The Hall–Kier alpha value is -2.62. The molecule has 0 unspecified atom stereocenters. The SMILES string of the molecule is CC(=N[C@@H]1CCCC[C@H]1N=C(C)Nc1ccccc1)Nc1ccccc1. The van der Waals surface area contributed by atoms with Gasteiger partial charge in [-0.15, -0.1) is 0 Å². The Morgan fingerprint density at radius 3 is 1.46 bits per heavy atom. The lowest BCUT2D eigenvalue weighted by molar-refractivity contribution is 0.388. The molecule has 0 aromatic heterocycles. The zero-order chi connectivity index (χ0) is 18.2. The van der Waals surface area contributed by atoms with Crippen molar-refractivity contribution in [2.75, 3.05) is 10.6 Å². The van der Waals surface area contributed by atoms with Crippen LogP contribution in [0.2, 0.25) is 0 Å². The fourth-order valence-electron chi connectivity index (χ4n) is 3.42. The van der Waals surface area contributed by atoms with Crippen molar-refractivity contribution < 1.29 is 0 Å². The molecule has 0 saturated heterocycles. The molecule has 1 aliphatic carbocycles. The van der Waals surface area contributed by atoms with Gasteiger partial charge in [0.05, 0.1) is 23.8 Å². The summed E-state index contributed by atoms with van der Waals surface area (Å²) in [4.78, 5) is 9.89. The number of anilines is 2. The van der Waals surface area contributed by atoms with E-state index in [0.717, 1.165) is 35.9 Å². The average molecular weight is 348 g/mol. The lowest BCUT2D eigenvalue weighted by atomic mass is 9.91. The number of amidine groups is 2. The lowest BCUT2D eigenvalue weighted by Gasteiger charge is -2.27. The van der Waals surface area contributed by atoms with Crippen LogP contribution < -0.4 is 10.6 Å². The number of nitrogens with zero attached hydrogens (tertiary/aromatic N) is 2. The van der Waals surface area contributed by atoms with Crippen LogP contribution in [-0.4, -0.2) is 23.8 Å². The van der Waals surface area contributed by atoms with Crippen LogP contribution in [0.15, 0.2) is 70.6 Å². The van der Waals surface area contributed by atoms with Gasteiger partial charge < -0.3 is 10.6 Å². The molecule has 4 nitrogen and oxygen atoms in total. The summed E-state index contributed by atoms with van der Waals surface area (Å²) in [5.74, 6) is 1.91. The van der Waals surface area contributed by atoms with Gasteiger partial charge in [0.1, 0.15) is 0 Å². The van der Waals surface area contributed by atoms with Crippen LogP contribution in [0.5, 0.6) is 0 Å². The summed E-state index contributed by atoms with van der Waals surface area (Å²) in [5, 5.41) is 6.78. The van der Waals surface area contributed by atoms with Crippen molar-refractivity contribution in [1.82, 2.24) is 0 Å². The molecule has 26 heavy (non-hydrogen) atoms. The van der Waals surface area contributed by atoms with E-state index in [2.05, 4.69) is 34.9 Å². The smallest absolute Gasteiger partial charge is 0.0979 e. The van der Waals surface area contributed by atoms with Crippen molar-refractivity contribution in [3.05, 3.63) is 60.7 Å². The van der Waals surface area contributed by atoms with Crippen molar-refractivity contribution in [1.29, 1.82) is 0 Å². The molecule has 2 atom stereocenters. The topological polar surface area (TPSA) is 48.8 Å². The lowest BCUT2D eigenvalue weighted by Crippen LogP contribution is -2.30. The molecule has 3 rings (SSSR count). The molecule has 1 aliphatic rings. The average Bonchev–Trinajstić information content (AvgIpc) is 2.65. The first-order chi connectivity index (χ1) is 12.7. The number of hydrogen-bond acceptors (Lipinski definition) is 2. The summed E-state index contributed by atoms with van der Waals surface area (Å²) in [7, 11) is 0. The minimum atomic E-state index is 0.243. The van der Waals surface area contributed by atoms with Crippen molar-refractivity contribution in [2.24, 2.45) is 9.98 Å². The van der Waals surface area contributed by atoms with E-state index in [-0.39, 0.29) is 12.1 Å². The predicted octanol–water partition coefficient (Wildman–Crippen LogP) is 5.36. The number of rotatable bonds is 4. The highest BCUT2D eigenvalue weighted by atomic mass is 15.1. The molecule has 0 bridgehead atoms. The van der Waals surface area contributed by atoms with Crippen LogP contribution in [-0.2, 0) is 0 Å². The first kappa shape index (κ1) is 18.2. The molecule has 0 amide bonds. The third-order valence-electron chi connectivity index (χ3n) is 4.61. The van der Waals surface area contributed by atoms with Crippen molar-refractivity contribution in [3.63, 3.8) is 0 Å². The number of para-hydroxylation sites is 2. The maximum Gasteiger partial charge on any atom is 0.0979 e. The minimum Gasteiger partial charge on any atom is -0.344 e. The largest absolute Gasteiger partial charge is 0.344 e. The van der Waals surface area contributed by atoms with Crippen LogP contribution in [0, 0.1) is 0 Å². The molecular weight excluding hydrogens is 320 g/mol. The maximum atomic E-state index is 4.94. The molecule has 2 aromatic rings. The Kier molecular flexibility index (Phi) is 6.42. The van der Waals surface area contributed by atoms with Crippen molar-refractivity contribution in [3.8, 4) is 0 Å². The van der Waals surface area contributed by atoms with Gasteiger partial charge in [-0.3, -0.25) is 9.98 Å². The normalized spacial score (nSPS) is 21.3. The molecule has 136 valence electrons. The first-order valence-electron chi connectivity index (χ1n) is 9.43. The first-order valence-corrected chi connectivity index (χ1v) is 9.43. The maximum absolute atomic E-state index is 4.94. The fourth-order valence-corrected chi connectivity index (χ4v) is 3.42. The van der Waals surface area contributed by atoms with E-state index in [4.69, 9.17) is 9.98 Å². The van der Waals surface area contributed by atoms with E-state index >= 15 is 0 Å². The zero-order valence-corrected chi connectivity index (χ0v) is 15.7. The molecule has 0 spiro atoms. The predicted molar refractivity (Wildman–Crippen MR) is 112 cm³/mol. The van der Waals surface area contributed by atoms with E-state index in [1.165, 1.54) is 12.8 Å². The van der Waals surface area contributed by atoms with Gasteiger partial charge in [0, 0.05) is 11.4 Å². The van der Waals surface area contributed by atoms with Crippen LogP contribution in [0.25, 0.3) is 0 Å². The second kappa shape index (κ2) is 9.18. The zero-order valence-electron chi connectivity index (χ0n) is 15.7. The standard InChI is InChI=1S/C22H28N4/c1-17(23-19-11-5-3-6-12-19)25-21-15-9-10-16-22(21)26-18(2)24-20-13-7-4-8-14-20/h3-8,11-14,21-22H,9-10,15-16H2,1-2H3,(H,23,25)(H,24,26)/t21-,22-/m1/s1. The number of aliphatic imine (C=N–C) groups is 2. The second-order valence-electron chi connectivity index (χ2n) is 6.83. The van der Waals surface area contributed by atoms with E-state index < -0.39 is 0 Å². The Labute approximate surface area is 156 Å². The number of nitrogens with one attached hydrogen (secondary N) is 2. The van der Waals surface area contributed by atoms with Gasteiger partial charge in [-0.1, -0.05) is 49.2 Å².